The van der Waals surface area contributed by atoms with Gasteiger partial charge >= 0.3 is 0 Å². The van der Waals surface area contributed by atoms with Crippen LogP contribution in [0.2, 0.25) is 0 Å². The van der Waals surface area contributed by atoms with Crippen LogP contribution in [0.5, 0.6) is 11.6 Å². The summed E-state index contributed by atoms with van der Waals surface area (Å²) in [5, 5.41) is 24.3. The zero-order valence-corrected chi connectivity index (χ0v) is 23.6. The Morgan fingerprint density at radius 3 is 2.16 bits per heavy atom. The Balaban J connectivity index is 1.58. The number of aromatic hydroxyl groups is 1. The van der Waals surface area contributed by atoms with Crippen molar-refractivity contribution in [2.24, 2.45) is 0 Å². The highest BCUT2D eigenvalue weighted by Gasteiger charge is 2.31. The van der Waals surface area contributed by atoms with E-state index in [9.17, 15) is 5.11 Å². The Morgan fingerprint density at radius 1 is 0.868 bits per heavy atom. The third-order valence-electron chi connectivity index (χ3n) is 6.60. The van der Waals surface area contributed by atoms with Crippen LogP contribution in [0.3, 0.4) is 0 Å². The van der Waals surface area contributed by atoms with Crippen LogP contribution in [-0.4, -0.2) is 20.3 Å². The number of phenols is 1. The predicted molar refractivity (Wildman–Crippen MR) is 154 cm³/mol. The Hall–Kier alpha value is -3.58. The first-order valence-electron chi connectivity index (χ1n) is 12.8. The molecule has 0 spiro atoms. The number of phenolic OH excluding ortho intramolecular Hbond substituents is 1. The predicted octanol–water partition coefficient (Wildman–Crippen LogP) is 7.63. The zero-order valence-electron chi connectivity index (χ0n) is 22.7. The maximum Gasteiger partial charge on any atom is 0.247 e. The number of hydrogen-bond donors (Lipinski definition) is 2. The molecule has 1 aliphatic rings. The van der Waals surface area contributed by atoms with Gasteiger partial charge in [-0.3, -0.25) is 0 Å². The van der Waals surface area contributed by atoms with Crippen molar-refractivity contribution in [3.8, 4) is 22.9 Å². The van der Waals surface area contributed by atoms with E-state index < -0.39 is 6.23 Å². The molecule has 1 aliphatic heterocycles. The van der Waals surface area contributed by atoms with Gasteiger partial charge in [-0.1, -0.05) is 102 Å². The van der Waals surface area contributed by atoms with Crippen LogP contribution >= 0.6 is 11.8 Å². The summed E-state index contributed by atoms with van der Waals surface area (Å²) < 4.78 is 6.57. The standard InChI is InChI=1S/C31H34N4O2S/c1-30(2,3)22-16-20(17-23(26(22)36)31(4,5)6)27-32-24-15-11-10-14-21(24)25-28(37-27)33-29(35-34-25)38-18-19-12-8-7-9-13-19/h7-17,27,32,36H,18H2,1-6H3. The van der Waals surface area contributed by atoms with Gasteiger partial charge in [0.2, 0.25) is 11.0 Å². The molecule has 196 valence electrons. The lowest BCUT2D eigenvalue weighted by Gasteiger charge is -2.30. The van der Waals surface area contributed by atoms with Crippen LogP contribution in [0.1, 0.15) is 70.0 Å². The number of fused-ring (bicyclic) bond motifs is 3. The van der Waals surface area contributed by atoms with Crippen molar-refractivity contribution in [1.82, 2.24) is 15.2 Å². The van der Waals surface area contributed by atoms with Crippen LogP contribution in [0.25, 0.3) is 11.3 Å². The van der Waals surface area contributed by atoms with E-state index in [4.69, 9.17) is 9.72 Å². The lowest BCUT2D eigenvalue weighted by atomic mass is 9.78. The molecule has 0 saturated carbocycles. The zero-order chi connectivity index (χ0) is 27.1. The lowest BCUT2D eigenvalue weighted by molar-refractivity contribution is 0.224. The number of nitrogens with one attached hydrogen (secondary N) is 1. The van der Waals surface area contributed by atoms with Crippen molar-refractivity contribution in [3.05, 3.63) is 89.0 Å². The van der Waals surface area contributed by atoms with Gasteiger partial charge in [-0.25, -0.2) is 0 Å². The number of ether oxygens (including phenoxy) is 1. The number of aromatic nitrogens is 3. The Bertz CT molecular complexity index is 1420. The molecule has 3 aromatic carbocycles. The average molecular weight is 527 g/mol. The van der Waals surface area contributed by atoms with E-state index in [1.165, 1.54) is 17.3 Å². The van der Waals surface area contributed by atoms with E-state index in [0.29, 0.717) is 22.5 Å². The van der Waals surface area contributed by atoms with E-state index in [0.717, 1.165) is 33.7 Å². The molecule has 0 bridgehead atoms. The molecule has 0 radical (unpaired) electrons. The molecule has 7 heteroatoms. The van der Waals surface area contributed by atoms with Crippen LogP contribution in [-0.2, 0) is 16.6 Å². The van der Waals surface area contributed by atoms with Gasteiger partial charge in [0.25, 0.3) is 0 Å². The molecule has 5 rings (SSSR count). The summed E-state index contributed by atoms with van der Waals surface area (Å²) in [6.07, 6.45) is -0.538. The minimum atomic E-state index is -0.538. The molecule has 6 nitrogen and oxygen atoms in total. The van der Waals surface area contributed by atoms with Crippen LogP contribution in [0.4, 0.5) is 5.69 Å². The smallest absolute Gasteiger partial charge is 0.247 e. The van der Waals surface area contributed by atoms with Crippen molar-refractivity contribution in [2.75, 3.05) is 5.32 Å². The van der Waals surface area contributed by atoms with E-state index in [2.05, 4.69) is 69.2 Å². The highest BCUT2D eigenvalue weighted by Crippen LogP contribution is 2.44. The fourth-order valence-corrected chi connectivity index (χ4v) is 5.27. The van der Waals surface area contributed by atoms with Crippen molar-refractivity contribution < 1.29 is 9.84 Å². The molecular weight excluding hydrogens is 492 g/mol. The first kappa shape index (κ1) is 26.0. The molecule has 0 saturated heterocycles. The minimum absolute atomic E-state index is 0.258. The summed E-state index contributed by atoms with van der Waals surface area (Å²) in [4.78, 5) is 4.80. The number of benzene rings is 3. The van der Waals surface area contributed by atoms with E-state index in [1.54, 1.807) is 0 Å². The number of anilines is 1. The van der Waals surface area contributed by atoms with Crippen molar-refractivity contribution in [2.45, 2.75) is 69.5 Å². The van der Waals surface area contributed by atoms with Crippen molar-refractivity contribution >= 4 is 17.4 Å². The number of nitrogens with zero attached hydrogens (tertiary/aromatic N) is 3. The molecule has 4 aromatic rings. The molecule has 0 aliphatic carbocycles. The first-order chi connectivity index (χ1) is 18.0. The summed E-state index contributed by atoms with van der Waals surface area (Å²) >= 11 is 1.53. The Labute approximate surface area is 228 Å². The van der Waals surface area contributed by atoms with Crippen molar-refractivity contribution in [1.29, 1.82) is 0 Å². The molecule has 38 heavy (non-hydrogen) atoms. The first-order valence-corrected chi connectivity index (χ1v) is 13.8. The molecule has 1 unspecified atom stereocenters. The second-order valence-electron chi connectivity index (χ2n) is 11.7. The van der Waals surface area contributed by atoms with E-state index in [-0.39, 0.29) is 10.8 Å². The van der Waals surface area contributed by atoms with Gasteiger partial charge in [0.1, 0.15) is 5.75 Å². The lowest BCUT2D eigenvalue weighted by Crippen LogP contribution is -2.22. The fourth-order valence-electron chi connectivity index (χ4n) is 4.53. The quantitative estimate of drug-likeness (QED) is 0.265. The molecular formula is C31H34N4O2S. The van der Waals surface area contributed by atoms with Gasteiger partial charge < -0.3 is 15.2 Å². The molecule has 0 amide bonds. The summed E-state index contributed by atoms with van der Waals surface area (Å²) in [5.41, 5.74) is 5.72. The van der Waals surface area contributed by atoms with Gasteiger partial charge in [0.15, 0.2) is 11.9 Å². The molecule has 2 N–H and O–H groups in total. The highest BCUT2D eigenvalue weighted by molar-refractivity contribution is 7.98. The van der Waals surface area contributed by atoms with Gasteiger partial charge in [0.05, 0.1) is 0 Å². The van der Waals surface area contributed by atoms with Gasteiger partial charge in [-0.15, -0.1) is 10.2 Å². The van der Waals surface area contributed by atoms with E-state index in [1.807, 2.05) is 54.6 Å². The van der Waals surface area contributed by atoms with Gasteiger partial charge in [-0.2, -0.15) is 4.98 Å². The van der Waals surface area contributed by atoms with Crippen LogP contribution in [0.15, 0.2) is 71.9 Å². The molecule has 1 aromatic heterocycles. The topological polar surface area (TPSA) is 80.2 Å². The largest absolute Gasteiger partial charge is 0.507 e. The maximum absolute atomic E-state index is 11.2. The Morgan fingerprint density at radius 2 is 1.50 bits per heavy atom. The summed E-state index contributed by atoms with van der Waals surface area (Å²) in [7, 11) is 0. The summed E-state index contributed by atoms with van der Waals surface area (Å²) in [5.74, 6) is 1.51. The molecule has 2 heterocycles. The Kier molecular flexibility index (Phi) is 6.82. The second-order valence-corrected chi connectivity index (χ2v) is 12.6. The summed E-state index contributed by atoms with van der Waals surface area (Å²) in [6.45, 7) is 12.7. The molecule has 1 atom stereocenters. The van der Waals surface area contributed by atoms with Crippen LogP contribution in [0, 0.1) is 0 Å². The second kappa shape index (κ2) is 9.95. The molecule has 0 fully saturated rings. The fraction of sp³-hybridized carbons (Fsp3) is 0.323. The normalized spacial score (nSPS) is 15.1. The highest BCUT2D eigenvalue weighted by atomic mass is 32.2. The number of rotatable bonds is 4. The number of para-hydroxylation sites is 1. The third kappa shape index (κ3) is 5.34. The monoisotopic (exact) mass is 526 g/mol. The summed E-state index contributed by atoms with van der Waals surface area (Å²) in [6, 6.07) is 22.3. The maximum atomic E-state index is 11.2. The number of thioether (sulfide) groups is 1. The van der Waals surface area contributed by atoms with Gasteiger partial charge in [0, 0.05) is 33.7 Å². The van der Waals surface area contributed by atoms with E-state index >= 15 is 0 Å². The SMILES string of the molecule is CC(C)(C)c1cc(C2Nc3ccccc3-c3nnc(SCc4ccccc4)nc3O2)cc(C(C)(C)C)c1O. The minimum Gasteiger partial charge on any atom is -0.507 e. The van der Waals surface area contributed by atoms with Crippen molar-refractivity contribution in [3.63, 3.8) is 0 Å². The van der Waals surface area contributed by atoms with Crippen LogP contribution < -0.4 is 10.1 Å². The average Bonchev–Trinajstić information content (AvgIpc) is 3.03. The van der Waals surface area contributed by atoms with Gasteiger partial charge in [-0.05, 0) is 34.6 Å². The third-order valence-corrected chi connectivity index (χ3v) is 7.50. The number of hydrogen-bond acceptors (Lipinski definition) is 7.